The fraction of sp³-hybridized carbons (Fsp3) is 0.500. The number of fused-ring (bicyclic) bond motifs is 1. The first-order valence-electron chi connectivity index (χ1n) is 10.3. The molecule has 2 aliphatic rings. The summed E-state index contributed by atoms with van der Waals surface area (Å²) < 4.78 is 0. The molecule has 1 aromatic carbocycles. The van der Waals surface area contributed by atoms with Crippen molar-refractivity contribution in [1.82, 2.24) is 9.80 Å². The molecule has 3 rings (SSSR count). The van der Waals surface area contributed by atoms with Crippen LogP contribution in [-0.2, 0) is 20.8 Å². The Morgan fingerprint density at radius 2 is 1.94 bits per heavy atom. The van der Waals surface area contributed by atoms with E-state index in [2.05, 4.69) is 0 Å². The lowest BCUT2D eigenvalue weighted by Gasteiger charge is -2.46. The molecule has 0 aromatic heterocycles. The number of likely N-dealkylation sites (N-methyl/N-ethyl adjacent to an activating group) is 1. The number of carbonyl (C=O) groups is 3. The third-order valence-electron chi connectivity index (χ3n) is 6.25. The number of phenols is 2. The fourth-order valence-electron chi connectivity index (χ4n) is 4.64. The highest BCUT2D eigenvalue weighted by atomic mass is 35.5. The molecule has 9 nitrogen and oxygen atoms in total. The number of aliphatic hydroxyl groups is 1. The van der Waals surface area contributed by atoms with Crippen LogP contribution in [0.4, 0.5) is 0 Å². The lowest BCUT2D eigenvalue weighted by atomic mass is 9.77. The zero-order valence-corrected chi connectivity index (χ0v) is 18.8. The van der Waals surface area contributed by atoms with E-state index in [1.807, 2.05) is 6.92 Å². The van der Waals surface area contributed by atoms with Crippen LogP contribution < -0.4 is 0 Å². The van der Waals surface area contributed by atoms with Gasteiger partial charge in [-0.15, -0.1) is 0 Å². The Labute approximate surface area is 190 Å². The van der Waals surface area contributed by atoms with Gasteiger partial charge in [0.05, 0.1) is 29.6 Å². The van der Waals surface area contributed by atoms with Crippen LogP contribution in [-0.4, -0.2) is 80.2 Å². The maximum Gasteiger partial charge on any atom is 0.352 e. The van der Waals surface area contributed by atoms with Gasteiger partial charge in [-0.05, 0) is 37.6 Å². The molecule has 0 aliphatic carbocycles. The van der Waals surface area contributed by atoms with E-state index < -0.39 is 35.7 Å². The minimum absolute atomic E-state index is 0.00375. The van der Waals surface area contributed by atoms with E-state index >= 15 is 0 Å². The monoisotopic (exact) mass is 466 g/mol. The summed E-state index contributed by atoms with van der Waals surface area (Å²) in [7, 11) is 1.69. The van der Waals surface area contributed by atoms with Crippen molar-refractivity contribution in [2.45, 2.75) is 38.8 Å². The van der Waals surface area contributed by atoms with E-state index in [9.17, 15) is 34.8 Å². The fourth-order valence-corrected chi connectivity index (χ4v) is 4.90. The highest BCUT2D eigenvalue weighted by Gasteiger charge is 2.59. The number of aliphatic hydroxyl groups excluding tert-OH is 1. The SMILES string of the molecule is C[C@@H](O)[C@H]1C(=O)N2C(C(=O)O)=C(CN(C)CC(=O)CCc3ccc(O)c(O)c3Cl)[C@H](C)[C@H]12. The molecule has 0 unspecified atom stereocenters. The van der Waals surface area contributed by atoms with E-state index in [0.717, 1.165) is 0 Å². The third-order valence-corrected chi connectivity index (χ3v) is 6.67. The van der Waals surface area contributed by atoms with Crippen LogP contribution in [0.25, 0.3) is 0 Å². The second kappa shape index (κ2) is 9.09. The Morgan fingerprint density at radius 3 is 2.53 bits per heavy atom. The Bertz CT molecular complexity index is 991. The molecule has 4 N–H and O–H groups in total. The zero-order chi connectivity index (χ0) is 23.9. The molecule has 0 saturated carbocycles. The van der Waals surface area contributed by atoms with E-state index in [0.29, 0.717) is 11.1 Å². The van der Waals surface area contributed by atoms with Gasteiger partial charge in [0.25, 0.3) is 0 Å². The molecule has 174 valence electrons. The number of aryl methyl sites for hydroxylation is 1. The van der Waals surface area contributed by atoms with Crippen molar-refractivity contribution < 1.29 is 34.8 Å². The standard InChI is InChI=1S/C22H27ClN2O7/c1-10-14(19(22(31)32)25-18(10)16(11(2)26)21(25)30)9-24(3)8-13(27)6-4-12-5-7-15(28)20(29)17(12)23/h5,7,10-11,16,18,26,28-29H,4,6,8-9H2,1-3H3,(H,31,32)/t10-,11+,16+,18+/m0/s1. The largest absolute Gasteiger partial charge is 0.504 e. The number of amides is 1. The van der Waals surface area contributed by atoms with Crippen molar-refractivity contribution in [3.8, 4) is 11.5 Å². The first-order valence-corrected chi connectivity index (χ1v) is 10.7. The quantitative estimate of drug-likeness (QED) is 0.316. The van der Waals surface area contributed by atoms with E-state index in [1.54, 1.807) is 18.0 Å². The summed E-state index contributed by atoms with van der Waals surface area (Å²) in [5.74, 6) is -3.35. The molecule has 1 saturated heterocycles. The molecule has 2 aliphatic heterocycles. The lowest BCUT2D eigenvalue weighted by molar-refractivity contribution is -0.163. The number of Topliss-reactive ketones (excluding diaryl/α,β-unsaturated/α-hetero) is 1. The topological polar surface area (TPSA) is 139 Å². The number of phenolic OH excluding ortho intramolecular Hbond substituents is 2. The number of hydrogen-bond donors (Lipinski definition) is 4. The molecular weight excluding hydrogens is 440 g/mol. The number of β-lactam (4-membered cyclic amide) rings is 1. The number of halogens is 1. The van der Waals surface area contributed by atoms with Gasteiger partial charge in [0, 0.05) is 18.9 Å². The van der Waals surface area contributed by atoms with Crippen LogP contribution in [0.3, 0.4) is 0 Å². The molecule has 1 aromatic rings. The van der Waals surface area contributed by atoms with Crippen molar-refractivity contribution in [2.24, 2.45) is 11.8 Å². The highest BCUT2D eigenvalue weighted by molar-refractivity contribution is 6.33. The number of ketones is 1. The summed E-state index contributed by atoms with van der Waals surface area (Å²) in [6, 6.07) is 2.45. The average molecular weight is 467 g/mol. The molecule has 1 amide bonds. The van der Waals surface area contributed by atoms with Crippen LogP contribution in [0, 0.1) is 11.8 Å². The smallest absolute Gasteiger partial charge is 0.352 e. The number of aliphatic carboxylic acids is 1. The number of carboxylic acid groups (broad SMARTS) is 1. The van der Waals surface area contributed by atoms with Crippen molar-refractivity contribution in [1.29, 1.82) is 0 Å². The number of nitrogens with zero attached hydrogens (tertiary/aromatic N) is 2. The van der Waals surface area contributed by atoms with E-state index in [4.69, 9.17) is 11.6 Å². The minimum atomic E-state index is -1.20. The van der Waals surface area contributed by atoms with E-state index in [-0.39, 0.29) is 54.1 Å². The summed E-state index contributed by atoms with van der Waals surface area (Å²) >= 11 is 6.00. The summed E-state index contributed by atoms with van der Waals surface area (Å²) in [5.41, 5.74) is 1.03. The van der Waals surface area contributed by atoms with Crippen LogP contribution in [0.15, 0.2) is 23.4 Å². The Hall–Kier alpha value is -2.62. The zero-order valence-electron chi connectivity index (χ0n) is 18.1. The second-order valence-corrected chi connectivity index (χ2v) is 8.93. The number of carboxylic acids is 1. The van der Waals surface area contributed by atoms with Gasteiger partial charge in [0.1, 0.15) is 11.5 Å². The molecule has 0 bridgehead atoms. The van der Waals surface area contributed by atoms with Crippen LogP contribution >= 0.6 is 11.6 Å². The van der Waals surface area contributed by atoms with Gasteiger partial charge in [-0.3, -0.25) is 14.5 Å². The lowest BCUT2D eigenvalue weighted by Crippen LogP contribution is -2.63. The first kappa shape index (κ1) is 24.0. The maximum absolute atomic E-state index is 12.5. The number of benzene rings is 1. The number of carbonyl (C=O) groups excluding carboxylic acids is 2. The van der Waals surface area contributed by atoms with Gasteiger partial charge < -0.3 is 25.3 Å². The molecule has 0 spiro atoms. The highest BCUT2D eigenvalue weighted by Crippen LogP contribution is 2.47. The maximum atomic E-state index is 12.5. The summed E-state index contributed by atoms with van der Waals surface area (Å²) in [6.07, 6.45) is -0.448. The molecule has 1 fully saturated rings. The summed E-state index contributed by atoms with van der Waals surface area (Å²) in [6.45, 7) is 3.61. The van der Waals surface area contributed by atoms with Crippen molar-refractivity contribution >= 4 is 29.3 Å². The average Bonchev–Trinajstić information content (AvgIpc) is 2.94. The second-order valence-electron chi connectivity index (χ2n) is 8.55. The number of rotatable bonds is 9. The number of aromatic hydroxyl groups is 2. The van der Waals surface area contributed by atoms with Crippen molar-refractivity contribution in [2.75, 3.05) is 20.1 Å². The van der Waals surface area contributed by atoms with Crippen LogP contribution in [0.2, 0.25) is 5.02 Å². The van der Waals surface area contributed by atoms with Crippen molar-refractivity contribution in [3.05, 3.63) is 34.0 Å². The molecule has 0 radical (unpaired) electrons. The normalized spacial score (nSPS) is 23.4. The van der Waals surface area contributed by atoms with Gasteiger partial charge in [-0.1, -0.05) is 24.6 Å². The third kappa shape index (κ3) is 4.20. The molecule has 2 heterocycles. The van der Waals surface area contributed by atoms with Gasteiger partial charge in [-0.25, -0.2) is 4.79 Å². The summed E-state index contributed by atoms with van der Waals surface area (Å²) in [5, 5.41) is 38.8. The Kier molecular flexibility index (Phi) is 6.83. The summed E-state index contributed by atoms with van der Waals surface area (Å²) in [4.78, 5) is 39.7. The van der Waals surface area contributed by atoms with Crippen molar-refractivity contribution in [3.63, 3.8) is 0 Å². The molecule has 32 heavy (non-hydrogen) atoms. The van der Waals surface area contributed by atoms with Crippen LogP contribution in [0.5, 0.6) is 11.5 Å². The number of hydrogen-bond acceptors (Lipinski definition) is 7. The van der Waals surface area contributed by atoms with E-state index in [1.165, 1.54) is 17.9 Å². The minimum Gasteiger partial charge on any atom is -0.504 e. The Morgan fingerprint density at radius 1 is 1.28 bits per heavy atom. The predicted octanol–water partition coefficient (Wildman–Crippen LogP) is 1.38. The van der Waals surface area contributed by atoms with Gasteiger partial charge >= 0.3 is 5.97 Å². The molecule has 10 heteroatoms. The predicted molar refractivity (Wildman–Crippen MR) is 115 cm³/mol. The van der Waals surface area contributed by atoms with Gasteiger partial charge in [0.2, 0.25) is 5.91 Å². The van der Waals surface area contributed by atoms with Gasteiger partial charge in [-0.2, -0.15) is 0 Å². The molecular formula is C22H27ClN2O7. The molecule has 4 atom stereocenters. The van der Waals surface area contributed by atoms with Gasteiger partial charge in [0.15, 0.2) is 11.5 Å². The van der Waals surface area contributed by atoms with Crippen LogP contribution in [0.1, 0.15) is 25.8 Å². The Balaban J connectivity index is 1.64. The first-order chi connectivity index (χ1) is 15.0.